The number of rotatable bonds is 4. The minimum absolute atomic E-state index is 0. The van der Waals surface area contributed by atoms with Crippen molar-refractivity contribution < 1.29 is 4.74 Å². The maximum absolute atomic E-state index is 5.26. The highest BCUT2D eigenvalue weighted by Crippen LogP contribution is 2.24. The summed E-state index contributed by atoms with van der Waals surface area (Å²) < 4.78 is 5.26. The zero-order chi connectivity index (χ0) is 16.2. The quantitative estimate of drug-likeness (QED) is 0.434. The number of nitrogens with one attached hydrogen (secondary N) is 1. The summed E-state index contributed by atoms with van der Waals surface area (Å²) in [7, 11) is 3.61. The van der Waals surface area contributed by atoms with Gasteiger partial charge in [0.15, 0.2) is 5.96 Å². The number of thiazole rings is 1. The molecule has 0 saturated carbocycles. The molecule has 23 heavy (non-hydrogen) atoms. The Hall–Kier alpha value is -0.410. The molecule has 1 saturated heterocycles. The first kappa shape index (κ1) is 20.6. The number of aromatic nitrogens is 1. The average molecular weight is 452 g/mol. The van der Waals surface area contributed by atoms with Crippen molar-refractivity contribution in [2.45, 2.75) is 39.2 Å². The van der Waals surface area contributed by atoms with Gasteiger partial charge in [-0.2, -0.15) is 0 Å². The first-order valence-corrected chi connectivity index (χ1v) is 8.71. The van der Waals surface area contributed by atoms with Crippen LogP contribution in [0.3, 0.4) is 0 Å². The fourth-order valence-corrected chi connectivity index (χ4v) is 3.58. The van der Waals surface area contributed by atoms with Crippen molar-refractivity contribution in [3.05, 3.63) is 16.1 Å². The summed E-state index contributed by atoms with van der Waals surface area (Å²) in [5, 5.41) is 6.71. The third-order valence-corrected chi connectivity index (χ3v) is 4.77. The number of ether oxygens (including phenoxy) is 1. The largest absolute Gasteiger partial charge is 0.384 e. The molecule has 1 N–H and O–H groups in total. The number of nitrogens with zero attached hydrogens (tertiary/aromatic N) is 3. The Kier molecular flexibility index (Phi) is 8.23. The van der Waals surface area contributed by atoms with Crippen molar-refractivity contribution in [3.8, 4) is 0 Å². The molecule has 1 aliphatic heterocycles. The van der Waals surface area contributed by atoms with Crippen molar-refractivity contribution in [2.24, 2.45) is 10.9 Å². The van der Waals surface area contributed by atoms with Gasteiger partial charge in [-0.1, -0.05) is 20.8 Å². The van der Waals surface area contributed by atoms with Gasteiger partial charge in [0.25, 0.3) is 0 Å². The van der Waals surface area contributed by atoms with Gasteiger partial charge in [0.05, 0.1) is 18.8 Å². The van der Waals surface area contributed by atoms with Crippen molar-refractivity contribution in [1.82, 2.24) is 15.2 Å². The van der Waals surface area contributed by atoms with Crippen molar-refractivity contribution >= 4 is 41.3 Å². The maximum atomic E-state index is 5.26. The Morgan fingerprint density at radius 2 is 2.26 bits per heavy atom. The Bertz CT molecular complexity index is 512. The normalized spacial score (nSPS) is 18.9. The molecule has 1 aromatic heterocycles. The average Bonchev–Trinajstić information content (AvgIpc) is 3.09. The predicted molar refractivity (Wildman–Crippen MR) is 108 cm³/mol. The summed E-state index contributed by atoms with van der Waals surface area (Å²) in [5.74, 6) is 1.57. The van der Waals surface area contributed by atoms with Crippen LogP contribution in [-0.2, 0) is 16.7 Å². The zero-order valence-corrected chi connectivity index (χ0v) is 17.9. The van der Waals surface area contributed by atoms with Crippen LogP contribution in [0.4, 0.5) is 0 Å². The first-order valence-electron chi connectivity index (χ1n) is 7.83. The lowest BCUT2D eigenvalue weighted by Gasteiger charge is -2.21. The number of aliphatic imine (C=N–C) groups is 1. The lowest BCUT2D eigenvalue weighted by atomic mass is 9.93. The first-order chi connectivity index (χ1) is 10.4. The molecule has 0 bridgehead atoms. The van der Waals surface area contributed by atoms with Gasteiger partial charge in [-0.3, -0.25) is 4.99 Å². The minimum atomic E-state index is 0. The van der Waals surface area contributed by atoms with Gasteiger partial charge in [-0.25, -0.2) is 4.98 Å². The second-order valence-corrected chi connectivity index (χ2v) is 7.78. The van der Waals surface area contributed by atoms with Crippen LogP contribution >= 0.6 is 35.3 Å². The second-order valence-electron chi connectivity index (χ2n) is 6.83. The van der Waals surface area contributed by atoms with Gasteiger partial charge in [0.2, 0.25) is 0 Å². The summed E-state index contributed by atoms with van der Waals surface area (Å²) >= 11 is 1.71. The van der Waals surface area contributed by atoms with E-state index in [-0.39, 0.29) is 29.4 Å². The van der Waals surface area contributed by atoms with Crippen LogP contribution in [0.25, 0.3) is 0 Å². The SMILES string of the molecule is CN=C(NCc1nc(C(C)(C)C)cs1)N1CCC(COC)C1.I. The highest BCUT2D eigenvalue weighted by atomic mass is 127. The van der Waals surface area contributed by atoms with E-state index in [2.05, 4.69) is 41.4 Å². The van der Waals surface area contributed by atoms with Gasteiger partial charge < -0.3 is 15.0 Å². The fraction of sp³-hybridized carbons (Fsp3) is 0.750. The number of guanidine groups is 1. The number of hydrogen-bond donors (Lipinski definition) is 1. The standard InChI is InChI=1S/C16H28N4OS.HI/c1-16(2,3)13-11-22-14(19-13)8-18-15(17-4)20-7-6-12(9-20)10-21-5;/h11-12H,6-10H2,1-5H3,(H,17,18);1H. The van der Waals surface area contributed by atoms with Crippen molar-refractivity contribution in [3.63, 3.8) is 0 Å². The van der Waals surface area contributed by atoms with E-state index in [1.807, 2.05) is 7.05 Å². The van der Waals surface area contributed by atoms with E-state index in [0.717, 1.165) is 42.9 Å². The summed E-state index contributed by atoms with van der Waals surface area (Å²) in [5.41, 5.74) is 1.27. The number of hydrogen-bond acceptors (Lipinski definition) is 4. The number of likely N-dealkylation sites (tertiary alicyclic amines) is 1. The van der Waals surface area contributed by atoms with Crippen LogP contribution in [0.5, 0.6) is 0 Å². The van der Waals surface area contributed by atoms with E-state index in [4.69, 9.17) is 9.72 Å². The third kappa shape index (κ3) is 5.86. The zero-order valence-electron chi connectivity index (χ0n) is 14.8. The van der Waals surface area contributed by atoms with Crippen LogP contribution in [0.1, 0.15) is 37.9 Å². The highest BCUT2D eigenvalue weighted by molar-refractivity contribution is 14.0. The second kappa shape index (κ2) is 9.17. The fourth-order valence-electron chi connectivity index (χ4n) is 2.62. The van der Waals surface area contributed by atoms with E-state index in [0.29, 0.717) is 5.92 Å². The van der Waals surface area contributed by atoms with Crippen LogP contribution < -0.4 is 5.32 Å². The lowest BCUT2D eigenvalue weighted by Crippen LogP contribution is -2.39. The van der Waals surface area contributed by atoms with Gasteiger partial charge >= 0.3 is 0 Å². The molecule has 1 unspecified atom stereocenters. The summed E-state index contributed by atoms with van der Waals surface area (Å²) in [6.45, 7) is 10.2. The van der Waals surface area contributed by atoms with Crippen LogP contribution in [0.15, 0.2) is 10.4 Å². The Balaban J connectivity index is 0.00000264. The number of halogens is 1. The van der Waals surface area contributed by atoms with Crippen LogP contribution in [-0.4, -0.2) is 49.7 Å². The molecule has 132 valence electrons. The van der Waals surface area contributed by atoms with Crippen molar-refractivity contribution in [1.29, 1.82) is 0 Å². The van der Waals surface area contributed by atoms with Gasteiger partial charge in [0, 0.05) is 44.0 Å². The van der Waals surface area contributed by atoms with Gasteiger partial charge in [-0.15, -0.1) is 35.3 Å². The van der Waals surface area contributed by atoms with E-state index in [1.54, 1.807) is 18.4 Å². The van der Waals surface area contributed by atoms with E-state index in [1.165, 1.54) is 6.42 Å². The molecule has 0 radical (unpaired) electrons. The molecular weight excluding hydrogens is 423 g/mol. The molecule has 2 heterocycles. The molecule has 5 nitrogen and oxygen atoms in total. The van der Waals surface area contributed by atoms with Crippen molar-refractivity contribution in [2.75, 3.05) is 33.9 Å². The topological polar surface area (TPSA) is 49.8 Å². The Morgan fingerprint density at radius 1 is 1.52 bits per heavy atom. The summed E-state index contributed by atoms with van der Waals surface area (Å²) in [6.07, 6.45) is 1.17. The van der Waals surface area contributed by atoms with Crippen LogP contribution in [0.2, 0.25) is 0 Å². The maximum Gasteiger partial charge on any atom is 0.194 e. The van der Waals surface area contributed by atoms with Gasteiger partial charge in [0.1, 0.15) is 5.01 Å². The smallest absolute Gasteiger partial charge is 0.194 e. The monoisotopic (exact) mass is 452 g/mol. The molecule has 0 spiro atoms. The molecule has 0 aromatic carbocycles. The molecule has 1 atom stereocenters. The minimum Gasteiger partial charge on any atom is -0.384 e. The van der Waals surface area contributed by atoms with E-state index >= 15 is 0 Å². The summed E-state index contributed by atoms with van der Waals surface area (Å²) in [6, 6.07) is 0. The lowest BCUT2D eigenvalue weighted by molar-refractivity contribution is 0.157. The molecule has 7 heteroatoms. The van der Waals surface area contributed by atoms with Gasteiger partial charge in [-0.05, 0) is 6.42 Å². The van der Waals surface area contributed by atoms with E-state index < -0.39 is 0 Å². The number of methoxy groups -OCH3 is 1. The molecule has 2 rings (SSSR count). The Labute approximate surface area is 160 Å². The predicted octanol–water partition coefficient (Wildman–Crippen LogP) is 3.10. The Morgan fingerprint density at radius 3 is 2.83 bits per heavy atom. The molecule has 1 fully saturated rings. The molecule has 1 aliphatic rings. The van der Waals surface area contributed by atoms with E-state index in [9.17, 15) is 0 Å². The van der Waals surface area contributed by atoms with Crippen LogP contribution in [0, 0.1) is 5.92 Å². The molecule has 0 aliphatic carbocycles. The molecule has 0 amide bonds. The highest BCUT2D eigenvalue weighted by Gasteiger charge is 2.25. The third-order valence-electron chi connectivity index (χ3n) is 3.92. The molecular formula is C16H29IN4OS. The molecule has 1 aromatic rings. The summed E-state index contributed by atoms with van der Waals surface area (Å²) in [4.78, 5) is 11.4.